The number of aliphatic hydroxyl groups excluding tert-OH is 1. The molecular formula is C32H36F4N4O4. The molecule has 4 rings (SSSR count). The first-order chi connectivity index (χ1) is 20.8. The Balaban J connectivity index is 1.54. The largest absolute Gasteiger partial charge is 0.488 e. The van der Waals surface area contributed by atoms with Crippen LogP contribution >= 0.6 is 0 Å². The minimum Gasteiger partial charge on any atom is -0.488 e. The van der Waals surface area contributed by atoms with E-state index in [1.54, 1.807) is 30.0 Å². The smallest absolute Gasteiger partial charge is 0.416 e. The van der Waals surface area contributed by atoms with Gasteiger partial charge in [0.1, 0.15) is 17.7 Å². The Morgan fingerprint density at radius 1 is 1.07 bits per heavy atom. The zero-order valence-corrected chi connectivity index (χ0v) is 24.7. The number of rotatable bonds is 8. The molecule has 12 heteroatoms. The highest BCUT2D eigenvalue weighted by Gasteiger charge is 2.32. The van der Waals surface area contributed by atoms with Crippen LogP contribution in [0, 0.1) is 11.7 Å². The van der Waals surface area contributed by atoms with Crippen LogP contribution in [0.5, 0.6) is 5.75 Å². The molecule has 44 heavy (non-hydrogen) atoms. The maximum Gasteiger partial charge on any atom is 0.416 e. The van der Waals surface area contributed by atoms with Crippen LogP contribution in [0.4, 0.5) is 33.7 Å². The molecule has 0 saturated heterocycles. The summed E-state index contributed by atoms with van der Waals surface area (Å²) in [4.78, 5) is 29.6. The molecule has 1 heterocycles. The highest BCUT2D eigenvalue weighted by molar-refractivity contribution is 5.99. The van der Waals surface area contributed by atoms with Crippen LogP contribution in [0.25, 0.3) is 0 Å². The molecule has 0 bridgehead atoms. The number of nitrogens with zero attached hydrogens (tertiary/aromatic N) is 2. The van der Waals surface area contributed by atoms with E-state index in [-0.39, 0.29) is 24.9 Å². The number of fused-ring (bicyclic) bond motifs is 1. The van der Waals surface area contributed by atoms with Gasteiger partial charge in [-0.25, -0.2) is 9.18 Å². The lowest BCUT2D eigenvalue weighted by Crippen LogP contribution is -2.47. The van der Waals surface area contributed by atoms with Gasteiger partial charge < -0.3 is 25.4 Å². The molecule has 0 spiro atoms. The van der Waals surface area contributed by atoms with Crippen LogP contribution in [-0.4, -0.2) is 65.7 Å². The molecule has 1 aliphatic rings. The van der Waals surface area contributed by atoms with Gasteiger partial charge in [0.25, 0.3) is 0 Å². The SMILES string of the molecule is C[C@@H]1CN([C@H](C)CO)C(=O)Cc2cc(NC(=O)Nc3ccc(F)cc3)ccc2O[C@@H]1CN(C)Cc1ccc(C(F)(F)F)cc1. The minimum atomic E-state index is -4.41. The van der Waals surface area contributed by atoms with E-state index in [1.807, 2.05) is 18.9 Å². The summed E-state index contributed by atoms with van der Waals surface area (Å²) >= 11 is 0. The zero-order chi connectivity index (χ0) is 32.0. The molecule has 3 N–H and O–H groups in total. The van der Waals surface area contributed by atoms with Crippen LogP contribution in [0.1, 0.15) is 30.5 Å². The number of amides is 3. The topological polar surface area (TPSA) is 94.1 Å². The van der Waals surface area contributed by atoms with Crippen molar-refractivity contribution in [1.82, 2.24) is 9.80 Å². The van der Waals surface area contributed by atoms with Crippen molar-refractivity contribution in [3.05, 3.63) is 89.2 Å². The summed E-state index contributed by atoms with van der Waals surface area (Å²) in [5.74, 6) is -0.356. The highest BCUT2D eigenvalue weighted by atomic mass is 19.4. The molecule has 236 valence electrons. The Kier molecular flexibility index (Phi) is 10.5. The summed E-state index contributed by atoms with van der Waals surface area (Å²) in [5, 5.41) is 15.2. The van der Waals surface area contributed by atoms with Gasteiger partial charge in [0, 0.05) is 42.5 Å². The number of ether oxygens (including phenoxy) is 1. The number of aliphatic hydroxyl groups is 1. The molecule has 0 aliphatic carbocycles. The highest BCUT2D eigenvalue weighted by Crippen LogP contribution is 2.31. The van der Waals surface area contributed by atoms with Crippen LogP contribution in [0.2, 0.25) is 0 Å². The molecule has 1 aliphatic heterocycles. The predicted octanol–water partition coefficient (Wildman–Crippen LogP) is 5.77. The molecule has 0 aromatic heterocycles. The Hall–Kier alpha value is -4.16. The number of alkyl halides is 3. The van der Waals surface area contributed by atoms with Gasteiger partial charge in [-0.05, 0) is 74.1 Å². The van der Waals surface area contributed by atoms with Gasteiger partial charge >= 0.3 is 12.2 Å². The number of benzene rings is 3. The lowest BCUT2D eigenvalue weighted by Gasteiger charge is -2.34. The van der Waals surface area contributed by atoms with Crippen molar-refractivity contribution in [3.8, 4) is 5.75 Å². The van der Waals surface area contributed by atoms with Crippen LogP contribution < -0.4 is 15.4 Å². The number of halogens is 4. The van der Waals surface area contributed by atoms with Gasteiger partial charge in [-0.3, -0.25) is 9.69 Å². The second-order valence-corrected chi connectivity index (χ2v) is 11.2. The Morgan fingerprint density at radius 3 is 2.34 bits per heavy atom. The number of hydrogen-bond donors (Lipinski definition) is 3. The van der Waals surface area contributed by atoms with E-state index in [4.69, 9.17) is 4.74 Å². The van der Waals surface area contributed by atoms with Crippen molar-refractivity contribution in [1.29, 1.82) is 0 Å². The van der Waals surface area contributed by atoms with Crippen LogP contribution in [0.15, 0.2) is 66.7 Å². The fourth-order valence-electron chi connectivity index (χ4n) is 5.03. The lowest BCUT2D eigenvalue weighted by atomic mass is 10.0. The van der Waals surface area contributed by atoms with E-state index in [2.05, 4.69) is 10.6 Å². The zero-order valence-electron chi connectivity index (χ0n) is 24.7. The average Bonchev–Trinajstić information content (AvgIpc) is 3.01. The Labute approximate surface area is 253 Å². The van der Waals surface area contributed by atoms with Gasteiger partial charge in [-0.2, -0.15) is 13.2 Å². The molecule has 0 unspecified atom stereocenters. The van der Waals surface area contributed by atoms with Crippen molar-refractivity contribution in [2.45, 2.75) is 45.1 Å². The third-order valence-corrected chi connectivity index (χ3v) is 7.50. The number of urea groups is 1. The minimum absolute atomic E-state index is 0.0321. The summed E-state index contributed by atoms with van der Waals surface area (Å²) in [6, 6.07) is 14.3. The first-order valence-corrected chi connectivity index (χ1v) is 14.2. The van der Waals surface area contributed by atoms with Crippen molar-refractivity contribution >= 4 is 23.3 Å². The van der Waals surface area contributed by atoms with Crippen LogP contribution in [0.3, 0.4) is 0 Å². The quantitative estimate of drug-likeness (QED) is 0.280. The summed E-state index contributed by atoms with van der Waals surface area (Å²) in [5.41, 5.74) is 1.34. The number of carbonyl (C=O) groups is 2. The Bertz CT molecular complexity index is 1430. The monoisotopic (exact) mass is 616 g/mol. The first kappa shape index (κ1) is 32.7. The molecule has 3 atom stereocenters. The molecule has 0 fully saturated rings. The van der Waals surface area contributed by atoms with E-state index >= 15 is 0 Å². The lowest BCUT2D eigenvalue weighted by molar-refractivity contribution is -0.137. The molecule has 8 nitrogen and oxygen atoms in total. The van der Waals surface area contributed by atoms with Gasteiger partial charge in [-0.1, -0.05) is 19.1 Å². The summed E-state index contributed by atoms with van der Waals surface area (Å²) in [7, 11) is 1.84. The second kappa shape index (κ2) is 14.1. The van der Waals surface area contributed by atoms with E-state index in [9.17, 15) is 32.3 Å². The summed E-state index contributed by atoms with van der Waals surface area (Å²) in [6.45, 7) is 4.57. The normalized spacial score (nSPS) is 18.0. The molecule has 0 radical (unpaired) electrons. The molecule has 3 aromatic rings. The average molecular weight is 617 g/mol. The first-order valence-electron chi connectivity index (χ1n) is 14.2. The molecule has 0 saturated carbocycles. The van der Waals surface area contributed by atoms with E-state index in [0.717, 1.165) is 12.1 Å². The second-order valence-electron chi connectivity index (χ2n) is 11.2. The predicted molar refractivity (Wildman–Crippen MR) is 159 cm³/mol. The van der Waals surface area contributed by atoms with Gasteiger partial charge in [0.15, 0.2) is 0 Å². The number of likely N-dealkylation sites (N-methyl/N-ethyl adjacent to an activating group) is 1. The van der Waals surface area contributed by atoms with E-state index < -0.39 is 35.7 Å². The summed E-state index contributed by atoms with van der Waals surface area (Å²) in [6.07, 6.45) is -4.86. The Morgan fingerprint density at radius 2 is 1.70 bits per heavy atom. The summed E-state index contributed by atoms with van der Waals surface area (Å²) < 4.78 is 58.6. The van der Waals surface area contributed by atoms with Gasteiger partial charge in [0.2, 0.25) is 5.91 Å². The maximum atomic E-state index is 13.4. The fourth-order valence-corrected chi connectivity index (χ4v) is 5.03. The fraction of sp³-hybridized carbons (Fsp3) is 0.375. The third kappa shape index (κ3) is 8.70. The third-order valence-electron chi connectivity index (χ3n) is 7.50. The van der Waals surface area contributed by atoms with Crippen molar-refractivity contribution in [2.24, 2.45) is 5.92 Å². The van der Waals surface area contributed by atoms with E-state index in [0.29, 0.717) is 47.9 Å². The maximum absolute atomic E-state index is 13.4. The number of nitrogens with one attached hydrogen (secondary N) is 2. The van der Waals surface area contributed by atoms with Gasteiger partial charge in [-0.15, -0.1) is 0 Å². The van der Waals surface area contributed by atoms with Crippen LogP contribution in [-0.2, 0) is 23.9 Å². The number of carbonyl (C=O) groups excluding carboxylic acids is 2. The van der Waals surface area contributed by atoms with Gasteiger partial charge in [0.05, 0.1) is 24.6 Å². The molecule has 3 aromatic carbocycles. The standard InChI is InChI=1S/C32H36F4N4O4/c1-20-16-40(21(2)19-41)30(42)15-23-14-27(38-31(43)37-26-10-8-25(33)9-11-26)12-13-28(23)44-29(20)18-39(3)17-22-4-6-24(7-5-22)32(34,35)36/h4-14,20-21,29,41H,15-19H2,1-3H3,(H2,37,38,43)/t20-,21-,29-/m1/s1. The molecule has 3 amide bonds. The molecular weight excluding hydrogens is 580 g/mol. The number of anilines is 2. The van der Waals surface area contributed by atoms with Crippen molar-refractivity contribution < 1.29 is 37.0 Å². The number of hydrogen-bond acceptors (Lipinski definition) is 5. The van der Waals surface area contributed by atoms with E-state index in [1.165, 1.54) is 36.4 Å². The van der Waals surface area contributed by atoms with Crippen molar-refractivity contribution in [2.75, 3.05) is 37.4 Å². The van der Waals surface area contributed by atoms with Crippen molar-refractivity contribution in [3.63, 3.8) is 0 Å².